The van der Waals surface area contributed by atoms with Crippen LogP contribution in [0.1, 0.15) is 70.7 Å². The highest BCUT2D eigenvalue weighted by molar-refractivity contribution is 6.10. The molecule has 1 fully saturated rings. The summed E-state index contributed by atoms with van der Waals surface area (Å²) in [5, 5.41) is 8.03. The first-order valence-electron chi connectivity index (χ1n) is 12.4. The molecule has 6 nitrogen and oxygen atoms in total. The van der Waals surface area contributed by atoms with Crippen LogP contribution in [0.15, 0.2) is 42.7 Å². The maximum atomic E-state index is 14.1. The number of anilines is 1. The molecule has 2 aliphatic heterocycles. The number of carbonyl (C=O) groups is 1. The van der Waals surface area contributed by atoms with Crippen LogP contribution in [-0.4, -0.2) is 44.8 Å². The minimum absolute atomic E-state index is 0.0178. The van der Waals surface area contributed by atoms with E-state index < -0.39 is 29.9 Å². The van der Waals surface area contributed by atoms with Gasteiger partial charge in [-0.05, 0) is 60.2 Å². The van der Waals surface area contributed by atoms with E-state index in [1.54, 1.807) is 25.4 Å². The van der Waals surface area contributed by atoms with Crippen molar-refractivity contribution in [2.45, 2.75) is 57.5 Å². The minimum Gasteiger partial charge on any atom is -0.321 e. The van der Waals surface area contributed by atoms with Gasteiger partial charge < -0.3 is 9.47 Å². The Morgan fingerprint density at radius 1 is 1.14 bits per heavy atom. The second-order valence-corrected chi connectivity index (χ2v) is 10.1. The maximum Gasteiger partial charge on any atom is 0.416 e. The molecule has 1 aromatic heterocycles. The smallest absolute Gasteiger partial charge is 0.321 e. The number of nitrogens with zero attached hydrogens (tertiary/aromatic N) is 5. The van der Waals surface area contributed by atoms with Crippen molar-refractivity contribution in [3.05, 3.63) is 76.4 Å². The summed E-state index contributed by atoms with van der Waals surface area (Å²) >= 11 is 0. The number of fused-ring (bicyclic) bond motifs is 1. The van der Waals surface area contributed by atoms with E-state index in [0.29, 0.717) is 30.6 Å². The third-order valence-electron chi connectivity index (χ3n) is 7.61. The van der Waals surface area contributed by atoms with Crippen molar-refractivity contribution in [3.8, 4) is 0 Å². The number of hydrogen-bond acceptors (Lipinski definition) is 4. The summed E-state index contributed by atoms with van der Waals surface area (Å²) in [5.74, 6) is 0.412. The molecule has 0 saturated carbocycles. The van der Waals surface area contributed by atoms with Gasteiger partial charge in [0.2, 0.25) is 0 Å². The molecule has 0 N–H and O–H groups in total. The molecular formula is C27H29F4N5O. The molecular weight excluding hydrogens is 486 g/mol. The van der Waals surface area contributed by atoms with Crippen molar-refractivity contribution >= 4 is 11.6 Å². The lowest BCUT2D eigenvalue weighted by atomic mass is 9.95. The maximum absolute atomic E-state index is 14.1. The van der Waals surface area contributed by atoms with Crippen LogP contribution in [0.5, 0.6) is 0 Å². The molecule has 1 amide bonds. The molecule has 0 unspecified atom stereocenters. The summed E-state index contributed by atoms with van der Waals surface area (Å²) in [7, 11) is 1.87. The van der Waals surface area contributed by atoms with Crippen LogP contribution in [-0.2, 0) is 26.2 Å². The van der Waals surface area contributed by atoms with Gasteiger partial charge in [-0.15, -0.1) is 10.2 Å². The van der Waals surface area contributed by atoms with E-state index in [4.69, 9.17) is 0 Å². The topological polar surface area (TPSA) is 54.3 Å². The third-order valence-corrected chi connectivity index (χ3v) is 7.61. The number of aromatic nitrogens is 3. The Hall–Kier alpha value is -3.27. The molecule has 196 valence electrons. The quantitative estimate of drug-likeness (QED) is 0.410. The summed E-state index contributed by atoms with van der Waals surface area (Å²) in [4.78, 5) is 16.7. The fourth-order valence-corrected chi connectivity index (χ4v) is 5.32. The summed E-state index contributed by atoms with van der Waals surface area (Å²) < 4.78 is 58.1. The number of amides is 1. The van der Waals surface area contributed by atoms with Gasteiger partial charge >= 0.3 is 6.18 Å². The number of aryl methyl sites for hydroxylation is 1. The SMILES string of the molecule is C[C@H](Cc1nncn1C)c1cccc(N2Cc3c(cc([C@H](C)N4CC[C@H](F)C4)cc3C(F)(F)F)C2=O)c1. The fourth-order valence-electron chi connectivity index (χ4n) is 5.32. The van der Waals surface area contributed by atoms with Crippen LogP contribution in [0.2, 0.25) is 0 Å². The summed E-state index contributed by atoms with van der Waals surface area (Å²) in [6, 6.07) is 9.60. The molecule has 0 radical (unpaired) electrons. The van der Waals surface area contributed by atoms with E-state index in [1.165, 1.54) is 4.90 Å². The van der Waals surface area contributed by atoms with E-state index >= 15 is 0 Å². The van der Waals surface area contributed by atoms with E-state index in [1.807, 2.05) is 41.6 Å². The first kappa shape index (κ1) is 25.4. The Kier molecular flexibility index (Phi) is 6.55. The summed E-state index contributed by atoms with van der Waals surface area (Å²) in [6.45, 7) is 4.29. The zero-order chi connectivity index (χ0) is 26.5. The average Bonchev–Trinajstić information content (AvgIpc) is 3.56. The zero-order valence-electron chi connectivity index (χ0n) is 21.0. The van der Waals surface area contributed by atoms with Crippen molar-refractivity contribution in [2.75, 3.05) is 18.0 Å². The number of hydrogen-bond donors (Lipinski definition) is 0. The standard InChI is InChI=1S/C27H29F4N5O/c1-16(9-25-33-32-15-34(25)3)18-5-4-6-21(10-18)36-14-23-22(26(36)37)11-19(12-24(23)27(29,30)31)17(2)35-8-7-20(28)13-35/h4-6,10-12,15-17,20H,7-9,13-14H2,1-3H3/t16-,17+,20+/m1/s1. The minimum atomic E-state index is -4.61. The Balaban J connectivity index is 1.45. The molecule has 0 aliphatic carbocycles. The molecule has 0 spiro atoms. The molecule has 3 aromatic rings. The second kappa shape index (κ2) is 9.55. The van der Waals surface area contributed by atoms with Crippen molar-refractivity contribution in [1.29, 1.82) is 0 Å². The van der Waals surface area contributed by atoms with Gasteiger partial charge in [0, 0.05) is 43.9 Å². The van der Waals surface area contributed by atoms with Gasteiger partial charge in [-0.1, -0.05) is 19.1 Å². The number of benzene rings is 2. The van der Waals surface area contributed by atoms with Crippen LogP contribution in [0.4, 0.5) is 23.2 Å². The van der Waals surface area contributed by atoms with Crippen LogP contribution in [0, 0.1) is 0 Å². The van der Waals surface area contributed by atoms with Gasteiger partial charge in [-0.25, -0.2) is 4.39 Å². The molecule has 5 rings (SSSR count). The zero-order valence-corrected chi connectivity index (χ0v) is 21.0. The highest BCUT2D eigenvalue weighted by Crippen LogP contribution is 2.41. The van der Waals surface area contributed by atoms with Gasteiger partial charge in [-0.2, -0.15) is 13.2 Å². The van der Waals surface area contributed by atoms with Crippen LogP contribution in [0.3, 0.4) is 0 Å². The molecule has 1 saturated heterocycles. The van der Waals surface area contributed by atoms with Crippen molar-refractivity contribution in [3.63, 3.8) is 0 Å². The van der Waals surface area contributed by atoms with Crippen molar-refractivity contribution in [1.82, 2.24) is 19.7 Å². The molecule has 0 bridgehead atoms. The van der Waals surface area contributed by atoms with Crippen LogP contribution in [0.25, 0.3) is 0 Å². The normalized spacial score (nSPS) is 19.9. The Bertz CT molecular complexity index is 1320. The largest absolute Gasteiger partial charge is 0.416 e. The van der Waals surface area contributed by atoms with E-state index in [2.05, 4.69) is 10.2 Å². The van der Waals surface area contributed by atoms with Gasteiger partial charge in [0.1, 0.15) is 18.3 Å². The molecule has 2 aromatic carbocycles. The summed E-state index contributed by atoms with van der Waals surface area (Å²) in [6.07, 6.45) is -2.98. The molecule has 10 heteroatoms. The average molecular weight is 516 g/mol. The Morgan fingerprint density at radius 2 is 1.92 bits per heavy atom. The number of carbonyl (C=O) groups excluding carboxylic acids is 1. The number of alkyl halides is 4. The highest BCUT2D eigenvalue weighted by atomic mass is 19.4. The predicted octanol–water partition coefficient (Wildman–Crippen LogP) is 5.45. The second-order valence-electron chi connectivity index (χ2n) is 10.1. The lowest BCUT2D eigenvalue weighted by Gasteiger charge is -2.25. The number of halogens is 4. The highest BCUT2D eigenvalue weighted by Gasteiger charge is 2.41. The lowest BCUT2D eigenvalue weighted by molar-refractivity contribution is -0.138. The molecule has 3 heterocycles. The predicted molar refractivity (Wildman–Crippen MR) is 131 cm³/mol. The van der Waals surface area contributed by atoms with Crippen LogP contribution < -0.4 is 4.90 Å². The molecule has 3 atom stereocenters. The van der Waals surface area contributed by atoms with Gasteiger partial charge in [-0.3, -0.25) is 9.69 Å². The lowest BCUT2D eigenvalue weighted by Crippen LogP contribution is -2.25. The number of likely N-dealkylation sites (tertiary alicyclic amines) is 1. The first-order valence-corrected chi connectivity index (χ1v) is 12.4. The molecule has 2 aliphatic rings. The third kappa shape index (κ3) is 4.86. The van der Waals surface area contributed by atoms with Gasteiger partial charge in [0.05, 0.1) is 12.1 Å². The van der Waals surface area contributed by atoms with Crippen molar-refractivity contribution in [2.24, 2.45) is 7.05 Å². The fraction of sp³-hybridized carbons (Fsp3) is 0.444. The van der Waals surface area contributed by atoms with Crippen molar-refractivity contribution < 1.29 is 22.4 Å². The Labute approximate surface area is 212 Å². The van der Waals surface area contributed by atoms with E-state index in [9.17, 15) is 22.4 Å². The van der Waals surface area contributed by atoms with E-state index in [0.717, 1.165) is 17.5 Å². The van der Waals surface area contributed by atoms with E-state index in [-0.39, 0.29) is 30.1 Å². The number of rotatable bonds is 6. The van der Waals surface area contributed by atoms with Crippen LogP contribution >= 0.6 is 0 Å². The first-order chi connectivity index (χ1) is 17.5. The summed E-state index contributed by atoms with van der Waals surface area (Å²) in [5.41, 5.74) is 1.11. The monoisotopic (exact) mass is 515 g/mol. The molecule has 37 heavy (non-hydrogen) atoms. The Morgan fingerprint density at radius 3 is 2.57 bits per heavy atom. The van der Waals surface area contributed by atoms with Gasteiger partial charge in [0.15, 0.2) is 0 Å². The van der Waals surface area contributed by atoms with Gasteiger partial charge in [0.25, 0.3) is 5.91 Å².